The Balaban J connectivity index is 0.865. The molecule has 96 heavy (non-hydrogen) atoms. The molecule has 7 rings (SSSR count). The number of pyridine rings is 1. The van der Waals surface area contributed by atoms with E-state index in [0.717, 1.165) is 52.6 Å². The van der Waals surface area contributed by atoms with Gasteiger partial charge < -0.3 is 45.8 Å². The number of unbranched alkanes of at least 4 members (excludes halogenated alkanes) is 2. The minimum atomic E-state index is -3.18. The number of likely N-dealkylation sites (tertiary alicyclic amines) is 3. The van der Waals surface area contributed by atoms with Gasteiger partial charge in [-0.2, -0.15) is 5.26 Å². The second-order valence-corrected chi connectivity index (χ2v) is 27.7. The highest BCUT2D eigenvalue weighted by Gasteiger charge is 2.47. The Labute approximate surface area is 575 Å². The number of ether oxygens (including phenoxy) is 1. The Kier molecular flexibility index (Phi) is 30.2. The van der Waals surface area contributed by atoms with Gasteiger partial charge in [0.25, 0.3) is 11.8 Å². The van der Waals surface area contributed by atoms with Gasteiger partial charge >= 0.3 is 17.9 Å². The number of benzene rings is 2. The molecular weight excluding hydrogens is 1380 g/mol. The molecule has 26 nitrogen and oxygen atoms in total. The van der Waals surface area contributed by atoms with Crippen molar-refractivity contribution in [2.75, 3.05) is 130 Å². The maximum Gasteiger partial charge on any atom is 0.317 e. The average molecular weight is 1470 g/mol. The van der Waals surface area contributed by atoms with Crippen molar-refractivity contribution < 1.29 is 76.8 Å². The molecule has 0 saturated carbocycles. The van der Waals surface area contributed by atoms with Gasteiger partial charge in [-0.3, -0.25) is 77.4 Å². The summed E-state index contributed by atoms with van der Waals surface area (Å²) in [5, 5.41) is 46.6. The van der Waals surface area contributed by atoms with Crippen LogP contribution in [0.5, 0.6) is 5.75 Å². The molecule has 7 amide bonds. The van der Waals surface area contributed by atoms with E-state index in [1.54, 1.807) is 50.8 Å². The lowest BCUT2D eigenvalue weighted by molar-refractivity contribution is -0.143. The lowest BCUT2D eigenvalue weighted by atomic mass is 9.91. The highest BCUT2D eigenvalue weighted by atomic mass is 127. The molecule has 3 aromatic rings. The number of rotatable bonds is 33. The molecule has 2 aromatic carbocycles. The minimum absolute atomic E-state index is 0.0629. The number of aliphatic carboxylic acids is 3. The number of nitriles is 1. The summed E-state index contributed by atoms with van der Waals surface area (Å²) in [6.07, 6.45) is 8.17. The first-order valence-electron chi connectivity index (χ1n) is 32.9. The molecule has 4 fully saturated rings. The topological polar surface area (TPSA) is 336 Å². The largest absolute Gasteiger partial charge is 0.494 e. The molecule has 524 valence electrons. The maximum absolute atomic E-state index is 14.1. The number of amides is 7. The minimum Gasteiger partial charge on any atom is -0.494 e. The highest BCUT2D eigenvalue weighted by molar-refractivity contribution is 14.1. The van der Waals surface area contributed by atoms with Crippen LogP contribution in [0, 0.1) is 26.7 Å². The van der Waals surface area contributed by atoms with E-state index in [-0.39, 0.29) is 121 Å². The lowest BCUT2D eigenvalue weighted by Crippen LogP contribution is -2.50. The number of carboxylic acid groups (broad SMARTS) is 3. The number of nitrogens with one attached hydrogen (secondary N) is 3. The molecule has 2 unspecified atom stereocenters. The monoisotopic (exact) mass is 1470 g/mol. The number of piperidine rings is 1. The van der Waals surface area contributed by atoms with Crippen LogP contribution in [0.2, 0.25) is 0 Å². The number of carbonyl (C=O) groups is 10. The number of halogens is 3. The molecule has 4 saturated heterocycles. The fourth-order valence-electron chi connectivity index (χ4n) is 12.4. The van der Waals surface area contributed by atoms with Crippen LogP contribution in [0.25, 0.3) is 10.9 Å². The van der Waals surface area contributed by atoms with Gasteiger partial charge in [0, 0.05) is 125 Å². The van der Waals surface area contributed by atoms with E-state index in [2.05, 4.69) is 55.7 Å². The average Bonchev–Trinajstić information content (AvgIpc) is 1.34. The maximum atomic E-state index is 14.1. The first-order valence-corrected chi connectivity index (χ1v) is 35.0. The number of thioether (sulfide) groups is 1. The first-order chi connectivity index (χ1) is 45.9. The fraction of sp³-hybridized carbons (Fsp3) is 0.606. The van der Waals surface area contributed by atoms with Crippen LogP contribution in [-0.2, 0) is 49.6 Å². The summed E-state index contributed by atoms with van der Waals surface area (Å²) >= 11 is 3.51. The van der Waals surface area contributed by atoms with Crippen LogP contribution < -0.4 is 20.7 Å². The van der Waals surface area contributed by atoms with Crippen molar-refractivity contribution in [3.8, 4) is 11.8 Å². The SMILES string of the molecule is C[C@H](CN1C(=O)CC(SCC(CCCCNC(=O)CCCc2ccc(I)cc2)NC(=O)CN2CCN(CC(=O)O)CCN(CC(=O)O)CCN(CC(=O)O)CC2)C1=O)C(=O)N1CCC(CCCCOc2ccc3nccc(C(=O)NCC(=O)N4CC(F)(F)C[C@@H]4C#N)c3c2)CC1. The summed E-state index contributed by atoms with van der Waals surface area (Å²) in [4.78, 5) is 145. The zero-order valence-electron chi connectivity index (χ0n) is 54.3. The van der Waals surface area contributed by atoms with Crippen LogP contribution in [0.3, 0.4) is 0 Å². The van der Waals surface area contributed by atoms with Crippen molar-refractivity contribution in [2.45, 2.75) is 114 Å². The van der Waals surface area contributed by atoms with Gasteiger partial charge in [-0.1, -0.05) is 25.5 Å². The Morgan fingerprint density at radius 2 is 1.41 bits per heavy atom. The van der Waals surface area contributed by atoms with E-state index in [4.69, 9.17) is 4.74 Å². The van der Waals surface area contributed by atoms with E-state index in [1.165, 1.54) is 28.9 Å². The van der Waals surface area contributed by atoms with E-state index in [0.29, 0.717) is 80.9 Å². The molecule has 4 aliphatic heterocycles. The van der Waals surface area contributed by atoms with Gasteiger partial charge in [0.2, 0.25) is 35.4 Å². The number of fused-ring (bicyclic) bond motifs is 1. The summed E-state index contributed by atoms with van der Waals surface area (Å²) in [6, 6.07) is 14.7. The zero-order valence-corrected chi connectivity index (χ0v) is 57.3. The van der Waals surface area contributed by atoms with Crippen molar-refractivity contribution in [1.82, 2.24) is 55.2 Å². The standard InChI is InChI=1S/C66H89F2IN12O14S/c1-45(64(93)79-22-18-47(19-23-79)7-3-5-32-95-51-15-16-54-53(33-51)52(17-21-71-54)63(92)73-37-59(85)81-44-66(67,68)35-50(81)36-70)38-80-58(84)34-55(65(80)94)96-43-49(9-2-4-20-72-56(82)10-6-8-46-11-13-48(69)14-12-46)74-57(83)39-75-24-26-76(40-60(86)87)28-30-78(42-62(90)91)31-29-77(27-25-75)41-61(88)89/h11-17,21,33,45,47,49-50,55H,2-10,18-20,22-32,34-35,37-44H2,1H3,(H,72,82)(H,73,92)(H,74,83)(H,86,87)(H,88,89)(H,90,91)/t45-,49?,50-,55?/m1/s1. The third-order valence-electron chi connectivity index (χ3n) is 17.7. The second-order valence-electron chi connectivity index (χ2n) is 25.2. The number of carbonyl (C=O) groups excluding carboxylic acids is 7. The summed E-state index contributed by atoms with van der Waals surface area (Å²) in [6.45, 7) is 2.77. The van der Waals surface area contributed by atoms with Crippen molar-refractivity contribution >= 4 is 105 Å². The molecule has 0 spiro atoms. The molecule has 6 N–H and O–H groups in total. The Morgan fingerprint density at radius 1 is 0.781 bits per heavy atom. The van der Waals surface area contributed by atoms with Gasteiger partial charge in [-0.25, -0.2) is 8.78 Å². The molecular formula is C66H89F2IN12O14S. The summed E-state index contributed by atoms with van der Waals surface area (Å²) < 4.78 is 35.1. The first kappa shape index (κ1) is 76.2. The zero-order chi connectivity index (χ0) is 69.3. The molecule has 5 heterocycles. The van der Waals surface area contributed by atoms with Crippen molar-refractivity contribution in [3.05, 3.63) is 69.4 Å². The van der Waals surface area contributed by atoms with Crippen LogP contribution >= 0.6 is 34.4 Å². The Bertz CT molecular complexity index is 3200. The second kappa shape index (κ2) is 38.1. The smallest absolute Gasteiger partial charge is 0.317 e. The predicted octanol–water partition coefficient (Wildman–Crippen LogP) is 3.88. The van der Waals surface area contributed by atoms with Gasteiger partial charge in [-0.15, -0.1) is 11.8 Å². The molecule has 1 aromatic heterocycles. The highest BCUT2D eigenvalue weighted by Crippen LogP contribution is 2.33. The third kappa shape index (κ3) is 25.0. The number of hydrogen-bond acceptors (Lipinski definition) is 18. The quantitative estimate of drug-likeness (QED) is 0.0286. The Morgan fingerprint density at radius 3 is 2.02 bits per heavy atom. The Hall–Kier alpha value is -7.18. The summed E-state index contributed by atoms with van der Waals surface area (Å²) in [5.41, 5.74) is 1.86. The van der Waals surface area contributed by atoms with Crippen molar-refractivity contribution in [1.29, 1.82) is 5.26 Å². The van der Waals surface area contributed by atoms with Gasteiger partial charge in [0.1, 0.15) is 11.8 Å². The van der Waals surface area contributed by atoms with Crippen LogP contribution in [0.4, 0.5) is 8.78 Å². The summed E-state index contributed by atoms with van der Waals surface area (Å²) in [7, 11) is 0. The molecule has 0 radical (unpaired) electrons. The van der Waals surface area contributed by atoms with Crippen LogP contribution in [0.1, 0.15) is 99.9 Å². The molecule has 0 bridgehead atoms. The fourth-order valence-corrected chi connectivity index (χ4v) is 14.0. The van der Waals surface area contributed by atoms with Crippen LogP contribution in [0.15, 0.2) is 54.7 Å². The van der Waals surface area contributed by atoms with E-state index in [9.17, 15) is 77.3 Å². The number of aryl methyl sites for hydroxylation is 1. The normalized spacial score (nSPS) is 19.4. The molecule has 0 aliphatic carbocycles. The number of carboxylic acids is 3. The number of nitrogens with zero attached hydrogens (tertiary/aromatic N) is 9. The number of imide groups is 1. The molecule has 4 aliphatic rings. The van der Waals surface area contributed by atoms with E-state index >= 15 is 0 Å². The van der Waals surface area contributed by atoms with Gasteiger partial charge in [-0.05, 0) is 128 Å². The predicted molar refractivity (Wildman–Crippen MR) is 360 cm³/mol. The van der Waals surface area contributed by atoms with Crippen molar-refractivity contribution in [2.24, 2.45) is 11.8 Å². The third-order valence-corrected chi connectivity index (χ3v) is 19.8. The van der Waals surface area contributed by atoms with Gasteiger partial charge in [0.15, 0.2) is 0 Å². The van der Waals surface area contributed by atoms with E-state index in [1.807, 2.05) is 17.0 Å². The molecule has 30 heteroatoms. The summed E-state index contributed by atoms with van der Waals surface area (Å²) in [5.74, 6) is -8.70. The van der Waals surface area contributed by atoms with Gasteiger partial charge in [0.05, 0.1) is 74.2 Å². The van der Waals surface area contributed by atoms with Crippen LogP contribution in [-0.4, -0.2) is 267 Å². The van der Waals surface area contributed by atoms with Crippen molar-refractivity contribution in [3.63, 3.8) is 0 Å². The lowest BCUT2D eigenvalue weighted by Gasteiger charge is -2.34. The molecule has 4 atom stereocenters. The number of alkyl halides is 2. The number of aromatic nitrogens is 1. The number of hydrogen-bond donors (Lipinski definition) is 6. The van der Waals surface area contributed by atoms with E-state index < -0.39 is 90.2 Å².